The smallest absolute Gasteiger partial charge is 0.213 e. The Morgan fingerprint density at radius 1 is 1.23 bits per heavy atom. The lowest BCUT2D eigenvalue weighted by Gasteiger charge is -2.36. The molecule has 0 radical (unpaired) electrons. The van der Waals surface area contributed by atoms with Gasteiger partial charge in [-0.2, -0.15) is 0 Å². The molecule has 1 aromatic carbocycles. The molecule has 7 nitrogen and oxygen atoms in total. The van der Waals surface area contributed by atoms with Gasteiger partial charge in [0.2, 0.25) is 5.88 Å². The predicted octanol–water partition coefficient (Wildman–Crippen LogP) is 2.76. The second-order valence-corrected chi connectivity index (χ2v) is 7.67. The molecule has 2 aromatic rings. The molecule has 1 aromatic heterocycles. The van der Waals surface area contributed by atoms with E-state index in [-0.39, 0.29) is 30.1 Å². The van der Waals surface area contributed by atoms with Crippen molar-refractivity contribution in [3.63, 3.8) is 0 Å². The van der Waals surface area contributed by atoms with E-state index in [1.807, 2.05) is 26.1 Å². The van der Waals surface area contributed by atoms with Crippen LogP contribution in [0.5, 0.6) is 5.88 Å². The molecule has 0 saturated carbocycles. The van der Waals surface area contributed by atoms with E-state index in [0.717, 1.165) is 44.3 Å². The Balaban J connectivity index is 0.00000272. The molecule has 0 spiro atoms. The van der Waals surface area contributed by atoms with Gasteiger partial charge in [-0.25, -0.2) is 4.98 Å². The minimum absolute atomic E-state index is 0. The fourth-order valence-electron chi connectivity index (χ4n) is 4.25. The predicted molar refractivity (Wildman–Crippen MR) is 133 cm³/mol. The molecule has 8 heteroatoms. The summed E-state index contributed by atoms with van der Waals surface area (Å²) in [6.45, 7) is 7.73. The summed E-state index contributed by atoms with van der Waals surface area (Å²) < 4.78 is 11.6. The number of benzene rings is 1. The number of hydrogen-bond acceptors (Lipinski definition) is 5. The van der Waals surface area contributed by atoms with Crippen LogP contribution in [0.4, 0.5) is 0 Å². The standard InChI is InChI=1S/C23H31N5O2.HI/c1-3-29-22-13-19(9-10-25-22)14-26-23(24-2)28-16-20-21(17-28)30-12-11-27(20)15-18-7-5-4-6-8-18;/h4-10,13,20-21H,3,11-12,14-17H2,1-2H3,(H,24,26);1H. The Hall–Kier alpha value is -1.91. The lowest BCUT2D eigenvalue weighted by atomic mass is 10.1. The summed E-state index contributed by atoms with van der Waals surface area (Å²) in [5, 5.41) is 3.49. The highest BCUT2D eigenvalue weighted by atomic mass is 127. The zero-order valence-corrected chi connectivity index (χ0v) is 20.6. The van der Waals surface area contributed by atoms with Crippen LogP contribution in [0.2, 0.25) is 0 Å². The Morgan fingerprint density at radius 3 is 2.84 bits per heavy atom. The second kappa shape index (κ2) is 11.6. The van der Waals surface area contributed by atoms with Crippen molar-refractivity contribution >= 4 is 29.9 Å². The van der Waals surface area contributed by atoms with Gasteiger partial charge in [0.1, 0.15) is 0 Å². The summed E-state index contributed by atoms with van der Waals surface area (Å²) in [6.07, 6.45) is 2.00. The molecule has 168 valence electrons. The molecule has 0 bridgehead atoms. The molecule has 3 heterocycles. The number of halogens is 1. The molecule has 0 amide bonds. The van der Waals surface area contributed by atoms with E-state index in [9.17, 15) is 0 Å². The average molecular weight is 537 g/mol. The molecular formula is C23H32IN5O2. The Morgan fingerprint density at radius 2 is 2.06 bits per heavy atom. The van der Waals surface area contributed by atoms with Crippen LogP contribution in [0, 0.1) is 0 Å². The number of morpholine rings is 1. The van der Waals surface area contributed by atoms with Gasteiger partial charge in [-0.15, -0.1) is 24.0 Å². The highest BCUT2D eigenvalue weighted by Crippen LogP contribution is 2.24. The molecule has 0 aliphatic carbocycles. The van der Waals surface area contributed by atoms with Gasteiger partial charge in [0.15, 0.2) is 5.96 Å². The monoisotopic (exact) mass is 537 g/mol. The van der Waals surface area contributed by atoms with Gasteiger partial charge in [-0.1, -0.05) is 30.3 Å². The summed E-state index contributed by atoms with van der Waals surface area (Å²) >= 11 is 0. The molecule has 1 N–H and O–H groups in total. The van der Waals surface area contributed by atoms with Crippen LogP contribution in [-0.4, -0.2) is 72.8 Å². The summed E-state index contributed by atoms with van der Waals surface area (Å²) in [4.78, 5) is 13.6. The third-order valence-corrected chi connectivity index (χ3v) is 5.70. The van der Waals surface area contributed by atoms with E-state index >= 15 is 0 Å². The van der Waals surface area contributed by atoms with Crippen molar-refractivity contribution in [1.29, 1.82) is 0 Å². The van der Waals surface area contributed by atoms with E-state index < -0.39 is 0 Å². The quantitative estimate of drug-likeness (QED) is 0.348. The maximum Gasteiger partial charge on any atom is 0.213 e. The summed E-state index contributed by atoms with van der Waals surface area (Å²) in [7, 11) is 1.84. The molecule has 4 rings (SSSR count). The van der Waals surface area contributed by atoms with Gasteiger partial charge in [0.05, 0.1) is 25.4 Å². The van der Waals surface area contributed by atoms with Crippen molar-refractivity contribution in [2.45, 2.75) is 32.2 Å². The summed E-state index contributed by atoms with van der Waals surface area (Å²) in [5.74, 6) is 1.56. The number of nitrogens with zero attached hydrogens (tertiary/aromatic N) is 4. The topological polar surface area (TPSA) is 62.2 Å². The van der Waals surface area contributed by atoms with Crippen LogP contribution in [-0.2, 0) is 17.8 Å². The van der Waals surface area contributed by atoms with Gasteiger partial charge >= 0.3 is 0 Å². The van der Waals surface area contributed by atoms with Crippen LogP contribution in [0.25, 0.3) is 0 Å². The Labute approximate surface area is 201 Å². The maximum atomic E-state index is 6.11. The van der Waals surface area contributed by atoms with Crippen molar-refractivity contribution in [3.05, 3.63) is 59.8 Å². The minimum atomic E-state index is 0. The number of likely N-dealkylation sites (tertiary alicyclic amines) is 1. The van der Waals surface area contributed by atoms with Gasteiger partial charge in [-0.05, 0) is 24.1 Å². The molecule has 2 unspecified atom stereocenters. The van der Waals surface area contributed by atoms with Crippen LogP contribution in [0.1, 0.15) is 18.1 Å². The molecule has 2 saturated heterocycles. The lowest BCUT2D eigenvalue weighted by molar-refractivity contribution is -0.0502. The van der Waals surface area contributed by atoms with Gasteiger partial charge in [0.25, 0.3) is 0 Å². The van der Waals surface area contributed by atoms with Crippen LogP contribution in [0.3, 0.4) is 0 Å². The maximum absolute atomic E-state index is 6.11. The van der Waals surface area contributed by atoms with Crippen molar-refractivity contribution in [2.75, 3.05) is 39.9 Å². The molecule has 2 fully saturated rings. The van der Waals surface area contributed by atoms with Crippen molar-refractivity contribution in [3.8, 4) is 5.88 Å². The van der Waals surface area contributed by atoms with Gasteiger partial charge < -0.3 is 19.7 Å². The summed E-state index contributed by atoms with van der Waals surface area (Å²) in [5.41, 5.74) is 2.47. The lowest BCUT2D eigenvalue weighted by Crippen LogP contribution is -2.50. The first-order valence-corrected chi connectivity index (χ1v) is 10.7. The first-order chi connectivity index (χ1) is 14.8. The average Bonchev–Trinajstić information content (AvgIpc) is 3.21. The van der Waals surface area contributed by atoms with E-state index in [1.54, 1.807) is 6.20 Å². The number of guanidine groups is 1. The minimum Gasteiger partial charge on any atom is -0.478 e. The fourth-order valence-corrected chi connectivity index (χ4v) is 4.25. The van der Waals surface area contributed by atoms with Crippen LogP contribution >= 0.6 is 24.0 Å². The third kappa shape index (κ3) is 6.08. The normalized spacial score (nSPS) is 21.4. The SMILES string of the molecule is CCOc1cc(CNC(=NC)N2CC3OCCN(Cc4ccccc4)C3C2)ccn1.I. The molecule has 2 atom stereocenters. The number of fused-ring (bicyclic) bond motifs is 1. The van der Waals surface area contributed by atoms with E-state index in [1.165, 1.54) is 5.56 Å². The van der Waals surface area contributed by atoms with Crippen molar-refractivity contribution in [2.24, 2.45) is 4.99 Å². The molecule has 2 aliphatic heterocycles. The van der Waals surface area contributed by atoms with Crippen molar-refractivity contribution in [1.82, 2.24) is 20.1 Å². The highest BCUT2D eigenvalue weighted by molar-refractivity contribution is 14.0. The number of hydrogen-bond donors (Lipinski definition) is 1. The molecule has 31 heavy (non-hydrogen) atoms. The zero-order chi connectivity index (χ0) is 20.8. The van der Waals surface area contributed by atoms with Crippen LogP contribution < -0.4 is 10.1 Å². The van der Waals surface area contributed by atoms with Gasteiger partial charge in [0, 0.05) is 52.0 Å². The van der Waals surface area contributed by atoms with E-state index in [4.69, 9.17) is 9.47 Å². The van der Waals surface area contributed by atoms with E-state index in [2.05, 4.69) is 55.4 Å². The number of pyridine rings is 1. The fraction of sp³-hybridized carbons (Fsp3) is 0.478. The van der Waals surface area contributed by atoms with E-state index in [0.29, 0.717) is 25.1 Å². The molecule has 2 aliphatic rings. The third-order valence-electron chi connectivity index (χ3n) is 5.70. The highest BCUT2D eigenvalue weighted by Gasteiger charge is 2.41. The number of nitrogens with one attached hydrogen (secondary N) is 1. The first-order valence-electron chi connectivity index (χ1n) is 10.7. The number of aromatic nitrogens is 1. The Kier molecular flexibility index (Phi) is 8.91. The second-order valence-electron chi connectivity index (χ2n) is 7.67. The number of ether oxygens (including phenoxy) is 2. The summed E-state index contributed by atoms with van der Waals surface area (Å²) in [6, 6.07) is 15.0. The van der Waals surface area contributed by atoms with Crippen LogP contribution in [0.15, 0.2) is 53.7 Å². The zero-order valence-electron chi connectivity index (χ0n) is 18.2. The Bertz CT molecular complexity index is 851. The number of rotatable bonds is 6. The van der Waals surface area contributed by atoms with Gasteiger partial charge in [-0.3, -0.25) is 9.89 Å². The first kappa shape index (κ1) is 23.7. The molecular weight excluding hydrogens is 505 g/mol. The largest absolute Gasteiger partial charge is 0.478 e. The van der Waals surface area contributed by atoms with Crippen molar-refractivity contribution < 1.29 is 9.47 Å². The number of aliphatic imine (C=N–C) groups is 1.